The van der Waals surface area contributed by atoms with E-state index in [1.165, 1.54) is 0 Å². The van der Waals surface area contributed by atoms with Crippen molar-refractivity contribution < 1.29 is 9.53 Å². The predicted octanol–water partition coefficient (Wildman–Crippen LogP) is 7.11. The fourth-order valence-electron chi connectivity index (χ4n) is 2.91. The average molecular weight is 469 g/mol. The third kappa shape index (κ3) is 5.44. The molecule has 0 fully saturated rings. The van der Waals surface area contributed by atoms with Crippen molar-refractivity contribution in [3.05, 3.63) is 87.7 Å². The summed E-state index contributed by atoms with van der Waals surface area (Å²) < 4.78 is 5.53. The first-order chi connectivity index (χ1) is 15.0. The second-order valence-corrected chi connectivity index (χ2v) is 8.57. The highest BCUT2D eigenvalue weighted by Crippen LogP contribution is 2.30. The van der Waals surface area contributed by atoms with Crippen LogP contribution in [-0.2, 0) is 4.79 Å². The standard InChI is InChI=1S/C24H18Cl2N2O2S/c1-15-12-20(10-11-21(15)26)30-13-23(29)27-19-8-4-16(5-9-19)22-14-31-24(28-22)17-2-6-18(25)7-3-17/h2-12,14H,13H2,1H3,(H,27,29). The number of nitrogens with one attached hydrogen (secondary N) is 1. The molecule has 4 aromatic rings. The van der Waals surface area contributed by atoms with Gasteiger partial charge >= 0.3 is 0 Å². The Morgan fingerprint density at radius 2 is 1.71 bits per heavy atom. The number of hydrogen-bond donors (Lipinski definition) is 1. The molecule has 1 heterocycles. The number of rotatable bonds is 6. The molecule has 0 radical (unpaired) electrons. The Morgan fingerprint density at radius 3 is 2.42 bits per heavy atom. The molecular formula is C24H18Cl2N2O2S. The van der Waals surface area contributed by atoms with E-state index in [-0.39, 0.29) is 12.5 Å². The van der Waals surface area contributed by atoms with Gasteiger partial charge in [0.1, 0.15) is 10.8 Å². The van der Waals surface area contributed by atoms with E-state index in [1.54, 1.807) is 29.5 Å². The molecule has 0 saturated carbocycles. The summed E-state index contributed by atoms with van der Waals surface area (Å²) in [6.45, 7) is 1.80. The molecule has 4 nitrogen and oxygen atoms in total. The molecule has 0 aliphatic heterocycles. The first-order valence-corrected chi connectivity index (χ1v) is 11.1. The molecule has 1 amide bonds. The van der Waals surface area contributed by atoms with Crippen molar-refractivity contribution in [3.8, 4) is 27.6 Å². The van der Waals surface area contributed by atoms with Crippen LogP contribution in [0, 0.1) is 6.92 Å². The summed E-state index contributed by atoms with van der Waals surface area (Å²) in [4.78, 5) is 16.9. The van der Waals surface area contributed by atoms with E-state index in [4.69, 9.17) is 32.9 Å². The van der Waals surface area contributed by atoms with Crippen LogP contribution in [0.15, 0.2) is 72.1 Å². The van der Waals surface area contributed by atoms with E-state index in [9.17, 15) is 4.79 Å². The molecule has 1 aromatic heterocycles. The number of aryl methyl sites for hydroxylation is 1. The highest BCUT2D eigenvalue weighted by Gasteiger charge is 2.09. The Labute approximate surface area is 194 Å². The number of carbonyl (C=O) groups excluding carboxylic acids is 1. The molecule has 0 saturated heterocycles. The Hall–Kier alpha value is -2.86. The quantitative estimate of drug-likeness (QED) is 0.327. The first-order valence-electron chi connectivity index (χ1n) is 9.48. The molecule has 0 unspecified atom stereocenters. The van der Waals surface area contributed by atoms with Crippen LogP contribution in [0.25, 0.3) is 21.8 Å². The largest absolute Gasteiger partial charge is 0.484 e. The third-order valence-corrected chi connectivity index (χ3v) is 6.13. The van der Waals surface area contributed by atoms with E-state index in [0.29, 0.717) is 21.5 Å². The highest BCUT2D eigenvalue weighted by atomic mass is 35.5. The van der Waals surface area contributed by atoms with Crippen LogP contribution in [0.1, 0.15) is 5.56 Å². The summed E-state index contributed by atoms with van der Waals surface area (Å²) in [5, 5.41) is 7.14. The fourth-order valence-corrected chi connectivity index (χ4v) is 3.99. The monoisotopic (exact) mass is 468 g/mol. The van der Waals surface area contributed by atoms with Crippen LogP contribution >= 0.6 is 34.5 Å². The SMILES string of the molecule is Cc1cc(OCC(=O)Nc2ccc(-c3csc(-c4ccc(Cl)cc4)n3)cc2)ccc1Cl. The molecule has 0 bridgehead atoms. The molecule has 1 N–H and O–H groups in total. The lowest BCUT2D eigenvalue weighted by Crippen LogP contribution is -2.20. The smallest absolute Gasteiger partial charge is 0.262 e. The number of hydrogen-bond acceptors (Lipinski definition) is 4. The number of ether oxygens (including phenoxy) is 1. The number of nitrogens with zero attached hydrogens (tertiary/aromatic N) is 1. The number of halogens is 2. The molecular weight excluding hydrogens is 451 g/mol. The highest BCUT2D eigenvalue weighted by molar-refractivity contribution is 7.13. The van der Waals surface area contributed by atoms with E-state index in [0.717, 1.165) is 27.4 Å². The van der Waals surface area contributed by atoms with Crippen molar-refractivity contribution in [2.45, 2.75) is 6.92 Å². The number of thiazole rings is 1. The van der Waals surface area contributed by atoms with Gasteiger partial charge in [0.15, 0.2) is 6.61 Å². The minimum atomic E-state index is -0.237. The maximum atomic E-state index is 12.2. The third-order valence-electron chi connectivity index (χ3n) is 4.56. The number of anilines is 1. The van der Waals surface area contributed by atoms with Gasteiger partial charge in [-0.25, -0.2) is 4.98 Å². The lowest BCUT2D eigenvalue weighted by molar-refractivity contribution is -0.118. The van der Waals surface area contributed by atoms with Gasteiger partial charge in [0.05, 0.1) is 5.69 Å². The van der Waals surface area contributed by atoms with Crippen molar-refractivity contribution in [2.75, 3.05) is 11.9 Å². The molecule has 7 heteroatoms. The van der Waals surface area contributed by atoms with Crippen molar-refractivity contribution in [2.24, 2.45) is 0 Å². The number of benzene rings is 3. The second-order valence-electron chi connectivity index (χ2n) is 6.87. The summed E-state index contributed by atoms with van der Waals surface area (Å²) in [6, 6.07) is 20.5. The van der Waals surface area contributed by atoms with Gasteiger partial charge in [0.25, 0.3) is 5.91 Å². The molecule has 31 heavy (non-hydrogen) atoms. The summed E-state index contributed by atoms with van der Waals surface area (Å²) >= 11 is 13.5. The van der Waals surface area contributed by atoms with Gasteiger partial charge < -0.3 is 10.1 Å². The van der Waals surface area contributed by atoms with Gasteiger partial charge in [-0.1, -0.05) is 47.5 Å². The van der Waals surface area contributed by atoms with Gasteiger partial charge in [-0.05, 0) is 55.0 Å². The first kappa shape index (κ1) is 21.4. The molecule has 4 rings (SSSR count). The van der Waals surface area contributed by atoms with Gasteiger partial charge in [-0.15, -0.1) is 11.3 Å². The Balaban J connectivity index is 1.36. The lowest BCUT2D eigenvalue weighted by atomic mass is 10.1. The molecule has 0 spiro atoms. The van der Waals surface area contributed by atoms with E-state index in [2.05, 4.69) is 5.32 Å². The van der Waals surface area contributed by atoms with Crippen LogP contribution in [0.2, 0.25) is 10.0 Å². The number of aromatic nitrogens is 1. The van der Waals surface area contributed by atoms with Gasteiger partial charge in [0, 0.05) is 32.2 Å². The van der Waals surface area contributed by atoms with Gasteiger partial charge in [0.2, 0.25) is 0 Å². The lowest BCUT2D eigenvalue weighted by Gasteiger charge is -2.09. The van der Waals surface area contributed by atoms with Crippen molar-refractivity contribution in [1.29, 1.82) is 0 Å². The molecule has 3 aromatic carbocycles. The zero-order chi connectivity index (χ0) is 21.8. The molecule has 156 valence electrons. The normalized spacial score (nSPS) is 10.7. The van der Waals surface area contributed by atoms with Crippen LogP contribution in [0.3, 0.4) is 0 Å². The van der Waals surface area contributed by atoms with Gasteiger partial charge in [-0.3, -0.25) is 4.79 Å². The minimum absolute atomic E-state index is 0.0840. The Kier molecular flexibility index (Phi) is 6.56. The van der Waals surface area contributed by atoms with Crippen LogP contribution < -0.4 is 10.1 Å². The summed E-state index contributed by atoms with van der Waals surface area (Å²) in [5.74, 6) is 0.367. The summed E-state index contributed by atoms with van der Waals surface area (Å²) in [6.07, 6.45) is 0. The number of carbonyl (C=O) groups is 1. The van der Waals surface area contributed by atoms with E-state index in [1.807, 2.05) is 60.8 Å². The topological polar surface area (TPSA) is 51.2 Å². The zero-order valence-electron chi connectivity index (χ0n) is 16.6. The van der Waals surface area contributed by atoms with Crippen LogP contribution in [0.4, 0.5) is 5.69 Å². The van der Waals surface area contributed by atoms with Crippen molar-refractivity contribution in [1.82, 2.24) is 4.98 Å². The predicted molar refractivity (Wildman–Crippen MR) is 128 cm³/mol. The Morgan fingerprint density at radius 1 is 1.00 bits per heavy atom. The maximum absolute atomic E-state index is 12.2. The minimum Gasteiger partial charge on any atom is -0.484 e. The van der Waals surface area contributed by atoms with Crippen LogP contribution in [-0.4, -0.2) is 17.5 Å². The molecule has 0 aliphatic carbocycles. The van der Waals surface area contributed by atoms with E-state index >= 15 is 0 Å². The summed E-state index contributed by atoms with van der Waals surface area (Å²) in [5.41, 5.74) is 4.48. The van der Waals surface area contributed by atoms with Crippen molar-refractivity contribution >= 4 is 46.1 Å². The zero-order valence-corrected chi connectivity index (χ0v) is 18.9. The van der Waals surface area contributed by atoms with E-state index < -0.39 is 0 Å². The second kappa shape index (κ2) is 9.52. The number of amides is 1. The molecule has 0 aliphatic rings. The molecule has 0 atom stereocenters. The van der Waals surface area contributed by atoms with Crippen molar-refractivity contribution in [3.63, 3.8) is 0 Å². The van der Waals surface area contributed by atoms with Crippen LogP contribution in [0.5, 0.6) is 5.75 Å². The maximum Gasteiger partial charge on any atom is 0.262 e. The Bertz CT molecular complexity index is 1210. The van der Waals surface area contributed by atoms with Gasteiger partial charge in [-0.2, -0.15) is 0 Å². The summed E-state index contributed by atoms with van der Waals surface area (Å²) in [7, 11) is 0. The average Bonchev–Trinajstić information content (AvgIpc) is 3.26. The fraction of sp³-hybridized carbons (Fsp3) is 0.0833.